The molecule has 0 bridgehead atoms. The normalized spacial score (nSPS) is 25.6. The van der Waals surface area contributed by atoms with E-state index in [0.717, 1.165) is 52.2 Å². The maximum absolute atomic E-state index is 12.3. The highest BCUT2D eigenvalue weighted by atomic mass is 16.5. The molecule has 1 amide bonds. The van der Waals surface area contributed by atoms with Crippen molar-refractivity contribution in [3.05, 3.63) is 0 Å². The highest BCUT2D eigenvalue weighted by Crippen LogP contribution is 2.39. The van der Waals surface area contributed by atoms with E-state index < -0.39 is 5.54 Å². The van der Waals surface area contributed by atoms with Gasteiger partial charge in [-0.2, -0.15) is 5.26 Å². The Morgan fingerprint density at radius 1 is 1.43 bits per heavy atom. The van der Waals surface area contributed by atoms with E-state index in [4.69, 9.17) is 4.74 Å². The van der Waals surface area contributed by atoms with Crippen LogP contribution in [0.2, 0.25) is 0 Å². The van der Waals surface area contributed by atoms with Crippen molar-refractivity contribution in [3.8, 4) is 6.07 Å². The Balaban J connectivity index is 1.74. The third-order valence-electron chi connectivity index (χ3n) is 4.97. The Bertz CT molecular complexity index is 446. The lowest BCUT2D eigenvalue weighted by atomic mass is 9.98. The third-order valence-corrected chi connectivity index (χ3v) is 4.97. The molecule has 1 saturated heterocycles. The molecule has 2 rings (SSSR count). The maximum Gasteiger partial charge on any atom is 0.235 e. The molecule has 23 heavy (non-hydrogen) atoms. The summed E-state index contributed by atoms with van der Waals surface area (Å²) in [6, 6.07) is 2.70. The molecule has 6 heteroatoms. The number of hydrogen-bond donors (Lipinski definition) is 1. The highest BCUT2D eigenvalue weighted by Gasteiger charge is 2.43. The summed E-state index contributed by atoms with van der Waals surface area (Å²) in [6.07, 6.45) is 2.08. The summed E-state index contributed by atoms with van der Waals surface area (Å²) in [4.78, 5) is 16.9. The van der Waals surface area contributed by atoms with Gasteiger partial charge in [0.2, 0.25) is 5.91 Å². The molecular weight excluding hydrogens is 292 g/mol. The summed E-state index contributed by atoms with van der Waals surface area (Å²) >= 11 is 0. The second kappa shape index (κ2) is 8.09. The average Bonchev–Trinajstić information content (AvgIpc) is 3.34. The molecule has 2 fully saturated rings. The molecule has 2 aliphatic rings. The van der Waals surface area contributed by atoms with E-state index in [9.17, 15) is 10.1 Å². The fraction of sp³-hybridized carbons (Fsp3) is 0.882. The van der Waals surface area contributed by atoms with Crippen molar-refractivity contribution in [3.63, 3.8) is 0 Å². The van der Waals surface area contributed by atoms with Gasteiger partial charge >= 0.3 is 0 Å². The molecule has 1 heterocycles. The van der Waals surface area contributed by atoms with Gasteiger partial charge in [-0.15, -0.1) is 0 Å². The number of amides is 1. The number of nitriles is 1. The van der Waals surface area contributed by atoms with Gasteiger partial charge in [-0.1, -0.05) is 0 Å². The number of ether oxygens (including phenoxy) is 1. The fourth-order valence-electron chi connectivity index (χ4n) is 3.29. The topological polar surface area (TPSA) is 68.6 Å². The molecule has 1 N–H and O–H groups in total. The molecule has 1 saturated carbocycles. The number of nitrogens with one attached hydrogen (secondary N) is 1. The molecule has 0 aromatic carbocycles. The van der Waals surface area contributed by atoms with Crippen LogP contribution in [0, 0.1) is 17.2 Å². The minimum absolute atomic E-state index is 0.0316. The van der Waals surface area contributed by atoms with Crippen LogP contribution in [0.15, 0.2) is 0 Å². The predicted octanol–water partition coefficient (Wildman–Crippen LogP) is 0.837. The molecular formula is C17H30N4O2. The molecule has 2 atom stereocenters. The Hall–Kier alpha value is -1.16. The zero-order valence-electron chi connectivity index (χ0n) is 14.7. The molecule has 1 aliphatic carbocycles. The van der Waals surface area contributed by atoms with Crippen LogP contribution >= 0.6 is 0 Å². The number of piperazine rings is 1. The summed E-state index contributed by atoms with van der Waals surface area (Å²) in [6.45, 7) is 11.6. The van der Waals surface area contributed by atoms with Crippen molar-refractivity contribution in [1.29, 1.82) is 5.26 Å². The quantitative estimate of drug-likeness (QED) is 0.671. The summed E-state index contributed by atoms with van der Waals surface area (Å²) in [7, 11) is 0. The molecule has 1 aliphatic heterocycles. The largest absolute Gasteiger partial charge is 0.380 e. The Kier molecular flexibility index (Phi) is 6.40. The number of carbonyl (C=O) groups excluding carboxylic acids is 1. The molecule has 0 aromatic heterocycles. The molecule has 0 unspecified atom stereocenters. The molecule has 0 radical (unpaired) electrons. The number of nitrogens with zero attached hydrogens (tertiary/aromatic N) is 3. The van der Waals surface area contributed by atoms with E-state index in [1.807, 2.05) is 13.8 Å². The predicted molar refractivity (Wildman–Crippen MR) is 88.9 cm³/mol. The molecule has 130 valence electrons. The third kappa shape index (κ3) is 5.17. The first kappa shape index (κ1) is 18.2. The van der Waals surface area contributed by atoms with Crippen LogP contribution in [-0.4, -0.2) is 73.2 Å². The van der Waals surface area contributed by atoms with Gasteiger partial charge in [0.1, 0.15) is 5.54 Å². The van der Waals surface area contributed by atoms with Crippen molar-refractivity contribution in [2.24, 2.45) is 5.92 Å². The van der Waals surface area contributed by atoms with E-state index in [2.05, 4.69) is 28.1 Å². The van der Waals surface area contributed by atoms with Gasteiger partial charge in [-0.25, -0.2) is 0 Å². The van der Waals surface area contributed by atoms with Crippen LogP contribution in [0.1, 0.15) is 33.6 Å². The van der Waals surface area contributed by atoms with Gasteiger partial charge in [0.15, 0.2) is 0 Å². The van der Waals surface area contributed by atoms with E-state index in [1.54, 1.807) is 0 Å². The van der Waals surface area contributed by atoms with Crippen molar-refractivity contribution in [1.82, 2.24) is 15.1 Å². The summed E-state index contributed by atoms with van der Waals surface area (Å²) < 4.78 is 5.42. The van der Waals surface area contributed by atoms with Crippen LogP contribution in [0.4, 0.5) is 0 Å². The zero-order valence-corrected chi connectivity index (χ0v) is 14.7. The van der Waals surface area contributed by atoms with Crippen LogP contribution < -0.4 is 5.32 Å². The van der Waals surface area contributed by atoms with Crippen molar-refractivity contribution in [2.45, 2.75) is 45.2 Å². The van der Waals surface area contributed by atoms with Gasteiger partial charge in [-0.3, -0.25) is 14.6 Å². The lowest BCUT2D eigenvalue weighted by molar-refractivity contribution is -0.124. The first-order valence-corrected chi connectivity index (χ1v) is 8.75. The highest BCUT2D eigenvalue weighted by molar-refractivity contribution is 5.79. The zero-order chi connectivity index (χ0) is 16.9. The first-order valence-electron chi connectivity index (χ1n) is 8.75. The number of carbonyl (C=O) groups is 1. The van der Waals surface area contributed by atoms with Gasteiger partial charge < -0.3 is 10.1 Å². The van der Waals surface area contributed by atoms with Gasteiger partial charge in [0.25, 0.3) is 0 Å². The standard InChI is InChI=1S/C17H30N4O2/c1-4-23-10-9-21-8-7-20(11-14(21)2)12-16(22)19-17(3,13-18)15-5-6-15/h14-15H,4-12H2,1-3H3,(H,19,22)/t14-,17+/m0/s1. The lowest BCUT2D eigenvalue weighted by Gasteiger charge is -2.39. The molecule has 6 nitrogen and oxygen atoms in total. The Morgan fingerprint density at radius 2 is 2.17 bits per heavy atom. The fourth-order valence-corrected chi connectivity index (χ4v) is 3.29. The Labute approximate surface area is 139 Å². The van der Waals surface area contributed by atoms with Crippen molar-refractivity contribution in [2.75, 3.05) is 45.9 Å². The SMILES string of the molecule is CCOCCN1CCN(CC(=O)N[C@](C)(C#N)C2CC2)C[C@@H]1C. The van der Waals surface area contributed by atoms with Crippen molar-refractivity contribution < 1.29 is 9.53 Å². The summed E-state index contributed by atoms with van der Waals surface area (Å²) in [5.41, 5.74) is -0.692. The minimum atomic E-state index is -0.692. The second-order valence-corrected chi connectivity index (χ2v) is 6.95. The van der Waals surface area contributed by atoms with Crippen molar-refractivity contribution >= 4 is 5.91 Å². The van der Waals surface area contributed by atoms with Crippen LogP contribution in [-0.2, 0) is 9.53 Å². The van der Waals surface area contributed by atoms with Crippen LogP contribution in [0.3, 0.4) is 0 Å². The van der Waals surface area contributed by atoms with Gasteiger partial charge in [0.05, 0.1) is 19.2 Å². The van der Waals surface area contributed by atoms with E-state index in [1.165, 1.54) is 0 Å². The minimum Gasteiger partial charge on any atom is -0.380 e. The second-order valence-electron chi connectivity index (χ2n) is 6.95. The smallest absolute Gasteiger partial charge is 0.235 e. The number of hydrogen-bond acceptors (Lipinski definition) is 5. The maximum atomic E-state index is 12.3. The van der Waals surface area contributed by atoms with E-state index in [0.29, 0.717) is 18.5 Å². The lowest BCUT2D eigenvalue weighted by Crippen LogP contribution is -2.56. The summed E-state index contributed by atoms with van der Waals surface area (Å²) in [5.74, 6) is 0.293. The van der Waals surface area contributed by atoms with Crippen LogP contribution in [0.25, 0.3) is 0 Å². The van der Waals surface area contributed by atoms with E-state index >= 15 is 0 Å². The number of rotatable bonds is 8. The Morgan fingerprint density at radius 3 is 2.74 bits per heavy atom. The first-order chi connectivity index (χ1) is 11.0. The van der Waals surface area contributed by atoms with E-state index in [-0.39, 0.29) is 5.91 Å². The molecule has 0 aromatic rings. The van der Waals surface area contributed by atoms with Crippen LogP contribution in [0.5, 0.6) is 0 Å². The summed E-state index contributed by atoms with van der Waals surface area (Å²) in [5, 5.41) is 12.3. The monoisotopic (exact) mass is 322 g/mol. The average molecular weight is 322 g/mol. The van der Waals surface area contributed by atoms with Gasteiger partial charge in [0, 0.05) is 38.8 Å². The molecule has 0 spiro atoms. The van der Waals surface area contributed by atoms with Gasteiger partial charge in [-0.05, 0) is 39.5 Å².